The normalized spacial score (nSPS) is 18.5. The van der Waals surface area contributed by atoms with Crippen LogP contribution in [0.1, 0.15) is 19.8 Å². The summed E-state index contributed by atoms with van der Waals surface area (Å²) < 4.78 is 0. The van der Waals surface area contributed by atoms with Crippen LogP contribution in [-0.4, -0.2) is 24.5 Å². The zero-order valence-electron chi connectivity index (χ0n) is 7.26. The standard InChI is InChI=1S/C8H16N2S/c1-3-9-8(11-2)10-6-7-4-5-7/h7H,3-6H2,1-2H3,(H,9,10). The summed E-state index contributed by atoms with van der Waals surface area (Å²) in [7, 11) is 0. The van der Waals surface area contributed by atoms with E-state index in [2.05, 4.69) is 23.5 Å². The Morgan fingerprint density at radius 2 is 2.36 bits per heavy atom. The van der Waals surface area contributed by atoms with Gasteiger partial charge < -0.3 is 5.32 Å². The van der Waals surface area contributed by atoms with Crippen molar-refractivity contribution in [2.24, 2.45) is 10.9 Å². The van der Waals surface area contributed by atoms with Crippen molar-refractivity contribution in [1.29, 1.82) is 0 Å². The van der Waals surface area contributed by atoms with E-state index in [0.29, 0.717) is 0 Å². The van der Waals surface area contributed by atoms with Crippen molar-refractivity contribution in [2.75, 3.05) is 19.3 Å². The van der Waals surface area contributed by atoms with Crippen molar-refractivity contribution >= 4 is 16.9 Å². The summed E-state index contributed by atoms with van der Waals surface area (Å²) in [5.74, 6) is 0.899. The highest BCUT2D eigenvalue weighted by molar-refractivity contribution is 8.13. The van der Waals surface area contributed by atoms with Crippen LogP contribution in [0.2, 0.25) is 0 Å². The molecule has 1 aliphatic rings. The molecule has 1 saturated carbocycles. The predicted molar refractivity (Wildman–Crippen MR) is 52.2 cm³/mol. The molecule has 2 nitrogen and oxygen atoms in total. The molecule has 0 amide bonds. The Kier molecular flexibility index (Phi) is 3.77. The number of hydrogen-bond donors (Lipinski definition) is 1. The molecule has 0 aromatic rings. The third kappa shape index (κ3) is 3.65. The zero-order chi connectivity index (χ0) is 8.10. The van der Waals surface area contributed by atoms with Gasteiger partial charge in [-0.3, -0.25) is 4.99 Å². The highest BCUT2D eigenvalue weighted by Gasteiger charge is 2.20. The highest BCUT2D eigenvalue weighted by Crippen LogP contribution is 2.28. The van der Waals surface area contributed by atoms with E-state index in [1.165, 1.54) is 12.8 Å². The van der Waals surface area contributed by atoms with Gasteiger partial charge in [0.05, 0.1) is 0 Å². The fourth-order valence-corrected chi connectivity index (χ4v) is 1.35. The minimum atomic E-state index is 0.899. The van der Waals surface area contributed by atoms with Crippen molar-refractivity contribution in [3.8, 4) is 0 Å². The predicted octanol–water partition coefficient (Wildman–Crippen LogP) is 1.72. The summed E-state index contributed by atoms with van der Waals surface area (Å²) in [6.07, 6.45) is 4.84. The lowest BCUT2D eigenvalue weighted by atomic mass is 10.4. The Balaban J connectivity index is 2.19. The van der Waals surface area contributed by atoms with Crippen molar-refractivity contribution < 1.29 is 0 Å². The number of thioether (sulfide) groups is 1. The van der Waals surface area contributed by atoms with Crippen molar-refractivity contribution in [1.82, 2.24) is 5.32 Å². The fourth-order valence-electron chi connectivity index (χ4n) is 0.856. The Labute approximate surface area is 72.9 Å². The summed E-state index contributed by atoms with van der Waals surface area (Å²) in [5.41, 5.74) is 0. The van der Waals surface area contributed by atoms with Crippen molar-refractivity contribution in [3.63, 3.8) is 0 Å². The molecule has 0 spiro atoms. The third-order valence-electron chi connectivity index (χ3n) is 1.71. The van der Waals surface area contributed by atoms with Gasteiger partial charge in [-0.15, -0.1) is 0 Å². The molecular weight excluding hydrogens is 156 g/mol. The number of rotatable bonds is 3. The largest absolute Gasteiger partial charge is 0.365 e. The maximum atomic E-state index is 4.46. The first-order valence-electron chi connectivity index (χ1n) is 4.19. The molecule has 1 N–H and O–H groups in total. The second-order valence-electron chi connectivity index (χ2n) is 2.82. The number of nitrogens with one attached hydrogen (secondary N) is 1. The van der Waals surface area contributed by atoms with Crippen molar-refractivity contribution in [2.45, 2.75) is 19.8 Å². The first kappa shape index (κ1) is 8.91. The van der Waals surface area contributed by atoms with Gasteiger partial charge in [0.25, 0.3) is 0 Å². The third-order valence-corrected chi connectivity index (χ3v) is 2.37. The lowest BCUT2D eigenvalue weighted by Crippen LogP contribution is -2.19. The molecule has 11 heavy (non-hydrogen) atoms. The lowest BCUT2D eigenvalue weighted by molar-refractivity contribution is 0.839. The monoisotopic (exact) mass is 172 g/mol. The second-order valence-corrected chi connectivity index (χ2v) is 3.62. The molecule has 0 aliphatic heterocycles. The van der Waals surface area contributed by atoms with Crippen LogP contribution in [-0.2, 0) is 0 Å². The van der Waals surface area contributed by atoms with E-state index in [9.17, 15) is 0 Å². The van der Waals surface area contributed by atoms with Gasteiger partial charge in [-0.05, 0) is 31.9 Å². The van der Waals surface area contributed by atoms with Gasteiger partial charge in [-0.2, -0.15) is 0 Å². The van der Waals surface area contributed by atoms with Gasteiger partial charge in [0.15, 0.2) is 5.17 Å². The minimum absolute atomic E-state index is 0.899. The number of nitrogens with zero attached hydrogens (tertiary/aromatic N) is 1. The molecule has 0 atom stereocenters. The summed E-state index contributed by atoms with van der Waals surface area (Å²) in [6, 6.07) is 0. The average molecular weight is 172 g/mol. The fraction of sp³-hybridized carbons (Fsp3) is 0.875. The van der Waals surface area contributed by atoms with Crippen LogP contribution in [0.15, 0.2) is 4.99 Å². The Morgan fingerprint density at radius 3 is 2.82 bits per heavy atom. The van der Waals surface area contributed by atoms with Gasteiger partial charge in [0.2, 0.25) is 0 Å². The van der Waals surface area contributed by atoms with Crippen LogP contribution in [0.3, 0.4) is 0 Å². The Hall–Kier alpha value is -0.180. The molecule has 1 aliphatic carbocycles. The van der Waals surface area contributed by atoms with Crippen molar-refractivity contribution in [3.05, 3.63) is 0 Å². The van der Waals surface area contributed by atoms with Crippen LogP contribution in [0.5, 0.6) is 0 Å². The molecular formula is C8H16N2S. The molecule has 0 saturated heterocycles. The smallest absolute Gasteiger partial charge is 0.156 e. The number of aliphatic imine (C=N–C) groups is 1. The van der Waals surface area contributed by atoms with Gasteiger partial charge in [-0.1, -0.05) is 11.8 Å². The van der Waals surface area contributed by atoms with Gasteiger partial charge in [-0.25, -0.2) is 0 Å². The van der Waals surface area contributed by atoms with Crippen LogP contribution < -0.4 is 5.32 Å². The van der Waals surface area contributed by atoms with E-state index in [1.54, 1.807) is 11.8 Å². The molecule has 64 valence electrons. The minimum Gasteiger partial charge on any atom is -0.365 e. The van der Waals surface area contributed by atoms with Crippen LogP contribution >= 0.6 is 11.8 Å². The van der Waals surface area contributed by atoms with E-state index < -0.39 is 0 Å². The zero-order valence-corrected chi connectivity index (χ0v) is 8.08. The first-order chi connectivity index (χ1) is 5.36. The van der Waals surface area contributed by atoms with E-state index >= 15 is 0 Å². The van der Waals surface area contributed by atoms with E-state index in [0.717, 1.165) is 24.2 Å². The summed E-state index contributed by atoms with van der Waals surface area (Å²) >= 11 is 1.70. The quantitative estimate of drug-likeness (QED) is 0.518. The van der Waals surface area contributed by atoms with Gasteiger partial charge in [0, 0.05) is 13.1 Å². The van der Waals surface area contributed by atoms with Crippen LogP contribution in [0.25, 0.3) is 0 Å². The molecule has 0 bridgehead atoms. The van der Waals surface area contributed by atoms with Gasteiger partial charge >= 0.3 is 0 Å². The van der Waals surface area contributed by atoms with E-state index in [-0.39, 0.29) is 0 Å². The summed E-state index contributed by atoms with van der Waals surface area (Å²) in [5, 5.41) is 4.33. The molecule has 0 aromatic heterocycles. The maximum Gasteiger partial charge on any atom is 0.156 e. The summed E-state index contributed by atoms with van der Waals surface area (Å²) in [4.78, 5) is 4.46. The molecule has 0 unspecified atom stereocenters. The maximum absolute atomic E-state index is 4.46. The molecule has 0 aromatic carbocycles. The van der Waals surface area contributed by atoms with E-state index in [1.807, 2.05) is 0 Å². The SMILES string of the molecule is CCNC(=NCC1CC1)SC. The molecule has 3 heteroatoms. The highest BCUT2D eigenvalue weighted by atomic mass is 32.2. The average Bonchev–Trinajstić information content (AvgIpc) is 2.81. The Morgan fingerprint density at radius 1 is 1.64 bits per heavy atom. The molecule has 0 heterocycles. The van der Waals surface area contributed by atoms with Crippen LogP contribution in [0, 0.1) is 5.92 Å². The molecule has 0 radical (unpaired) electrons. The second kappa shape index (κ2) is 4.65. The Bertz CT molecular complexity index is 141. The first-order valence-corrected chi connectivity index (χ1v) is 5.41. The summed E-state index contributed by atoms with van der Waals surface area (Å²) in [6.45, 7) is 4.11. The topological polar surface area (TPSA) is 24.4 Å². The van der Waals surface area contributed by atoms with Gasteiger partial charge in [0.1, 0.15) is 0 Å². The molecule has 1 rings (SSSR count). The van der Waals surface area contributed by atoms with Crippen LogP contribution in [0.4, 0.5) is 0 Å². The van der Waals surface area contributed by atoms with E-state index in [4.69, 9.17) is 0 Å². The number of amidine groups is 1. The number of hydrogen-bond acceptors (Lipinski definition) is 2. The molecule has 1 fully saturated rings. The lowest BCUT2D eigenvalue weighted by Gasteiger charge is -2.03.